The second-order valence-corrected chi connectivity index (χ2v) is 4.87. The second-order valence-electron chi connectivity index (χ2n) is 4.87. The Hall–Kier alpha value is -1.25. The predicted octanol–water partition coefficient (Wildman–Crippen LogP) is 2.27. The molecule has 1 saturated carbocycles. The Labute approximate surface area is 96.3 Å². The van der Waals surface area contributed by atoms with Gasteiger partial charge < -0.3 is 0 Å². The number of Topliss-reactive ketones (excluding diaryl/α,β-unsaturated/α-hetero) is 1. The van der Waals surface area contributed by atoms with Gasteiger partial charge in [-0.15, -0.1) is 0 Å². The first kappa shape index (κ1) is 11.2. The van der Waals surface area contributed by atoms with Crippen molar-refractivity contribution in [2.75, 3.05) is 0 Å². The van der Waals surface area contributed by atoms with E-state index in [9.17, 15) is 4.79 Å². The van der Waals surface area contributed by atoms with E-state index in [4.69, 9.17) is 0 Å². The molecule has 1 aromatic heterocycles. The van der Waals surface area contributed by atoms with E-state index in [0.717, 1.165) is 5.82 Å². The lowest BCUT2D eigenvalue weighted by Crippen LogP contribution is -2.24. The molecule has 1 aliphatic carbocycles. The minimum atomic E-state index is 0.120. The van der Waals surface area contributed by atoms with E-state index in [1.807, 2.05) is 13.8 Å². The number of carbonyl (C=O) groups excluding carboxylic acids is 1. The average molecular weight is 218 g/mol. The van der Waals surface area contributed by atoms with Gasteiger partial charge in [-0.05, 0) is 24.8 Å². The summed E-state index contributed by atoms with van der Waals surface area (Å²) in [6.45, 7) is 3.95. The van der Waals surface area contributed by atoms with Crippen molar-refractivity contribution < 1.29 is 4.79 Å². The molecule has 1 atom stereocenters. The molecule has 1 heterocycles. The Morgan fingerprint density at radius 3 is 2.50 bits per heavy atom. The Morgan fingerprint density at radius 2 is 2.00 bits per heavy atom. The molecule has 1 aliphatic rings. The summed E-state index contributed by atoms with van der Waals surface area (Å²) in [5.74, 6) is 2.01. The van der Waals surface area contributed by atoms with Crippen molar-refractivity contribution >= 4 is 5.78 Å². The summed E-state index contributed by atoms with van der Waals surface area (Å²) in [6, 6.07) is 1.81. The van der Waals surface area contributed by atoms with Crippen molar-refractivity contribution in [3.63, 3.8) is 0 Å². The van der Waals surface area contributed by atoms with Crippen LogP contribution in [-0.2, 0) is 11.2 Å². The minimum Gasteiger partial charge on any atom is -0.299 e. The SMILES string of the molecule is CC(C)C(=O)C(Cc1ncccn1)C1CC1. The Balaban J connectivity index is 2.06. The first-order valence-electron chi connectivity index (χ1n) is 5.98. The molecule has 1 aromatic rings. The second kappa shape index (κ2) is 4.73. The van der Waals surface area contributed by atoms with Gasteiger partial charge in [-0.25, -0.2) is 9.97 Å². The van der Waals surface area contributed by atoms with Crippen molar-refractivity contribution in [2.45, 2.75) is 33.1 Å². The van der Waals surface area contributed by atoms with Gasteiger partial charge in [-0.3, -0.25) is 4.79 Å². The van der Waals surface area contributed by atoms with Gasteiger partial charge in [0, 0.05) is 30.7 Å². The van der Waals surface area contributed by atoms with Gasteiger partial charge in [-0.1, -0.05) is 13.8 Å². The third-order valence-corrected chi connectivity index (χ3v) is 3.15. The van der Waals surface area contributed by atoms with E-state index < -0.39 is 0 Å². The van der Waals surface area contributed by atoms with Crippen molar-refractivity contribution in [3.05, 3.63) is 24.3 Å². The zero-order valence-electron chi connectivity index (χ0n) is 9.89. The molecule has 0 radical (unpaired) electrons. The summed E-state index contributed by atoms with van der Waals surface area (Å²) in [4.78, 5) is 20.5. The zero-order chi connectivity index (χ0) is 11.5. The van der Waals surface area contributed by atoms with Crippen LogP contribution in [0.3, 0.4) is 0 Å². The van der Waals surface area contributed by atoms with E-state index in [-0.39, 0.29) is 11.8 Å². The van der Waals surface area contributed by atoms with E-state index in [1.54, 1.807) is 18.5 Å². The largest absolute Gasteiger partial charge is 0.299 e. The number of hydrogen-bond donors (Lipinski definition) is 0. The molecule has 0 saturated heterocycles. The first-order chi connectivity index (χ1) is 7.68. The van der Waals surface area contributed by atoms with Crippen LogP contribution in [-0.4, -0.2) is 15.8 Å². The highest BCUT2D eigenvalue weighted by molar-refractivity contribution is 5.83. The quantitative estimate of drug-likeness (QED) is 0.761. The number of hydrogen-bond acceptors (Lipinski definition) is 3. The van der Waals surface area contributed by atoms with Crippen LogP contribution in [0.4, 0.5) is 0 Å². The first-order valence-corrected chi connectivity index (χ1v) is 5.98. The van der Waals surface area contributed by atoms with Crippen LogP contribution < -0.4 is 0 Å². The monoisotopic (exact) mass is 218 g/mol. The highest BCUT2D eigenvalue weighted by Crippen LogP contribution is 2.39. The molecule has 1 fully saturated rings. The molecule has 0 bridgehead atoms. The van der Waals surface area contributed by atoms with Crippen molar-refractivity contribution in [3.8, 4) is 0 Å². The van der Waals surface area contributed by atoms with E-state index in [1.165, 1.54) is 12.8 Å². The Morgan fingerprint density at radius 1 is 1.38 bits per heavy atom. The Bertz CT molecular complexity index is 357. The van der Waals surface area contributed by atoms with Gasteiger partial charge in [0.1, 0.15) is 11.6 Å². The molecular weight excluding hydrogens is 200 g/mol. The summed E-state index contributed by atoms with van der Waals surface area (Å²) < 4.78 is 0. The molecule has 3 heteroatoms. The smallest absolute Gasteiger partial charge is 0.139 e. The molecule has 16 heavy (non-hydrogen) atoms. The fraction of sp³-hybridized carbons (Fsp3) is 0.615. The lowest BCUT2D eigenvalue weighted by molar-refractivity contribution is -0.126. The van der Waals surface area contributed by atoms with Gasteiger partial charge in [0.25, 0.3) is 0 Å². The predicted molar refractivity (Wildman–Crippen MR) is 61.8 cm³/mol. The summed E-state index contributed by atoms with van der Waals surface area (Å²) in [7, 11) is 0. The van der Waals surface area contributed by atoms with Gasteiger partial charge in [0.05, 0.1) is 0 Å². The highest BCUT2D eigenvalue weighted by atomic mass is 16.1. The zero-order valence-corrected chi connectivity index (χ0v) is 9.89. The summed E-state index contributed by atoms with van der Waals surface area (Å²) in [6.07, 6.45) is 6.58. The highest BCUT2D eigenvalue weighted by Gasteiger charge is 2.37. The maximum Gasteiger partial charge on any atom is 0.139 e. The van der Waals surface area contributed by atoms with Gasteiger partial charge in [0.2, 0.25) is 0 Å². The average Bonchev–Trinajstić information content (AvgIpc) is 3.10. The third kappa shape index (κ3) is 2.65. The van der Waals surface area contributed by atoms with Crippen LogP contribution in [0.1, 0.15) is 32.5 Å². The maximum atomic E-state index is 12.1. The van der Waals surface area contributed by atoms with Crippen LogP contribution in [0.15, 0.2) is 18.5 Å². The standard InChI is InChI=1S/C13H18N2O/c1-9(2)13(16)11(10-4-5-10)8-12-14-6-3-7-15-12/h3,6-7,9-11H,4-5,8H2,1-2H3. The van der Waals surface area contributed by atoms with Crippen molar-refractivity contribution in [1.82, 2.24) is 9.97 Å². The van der Waals surface area contributed by atoms with Crippen molar-refractivity contribution in [1.29, 1.82) is 0 Å². The molecule has 3 nitrogen and oxygen atoms in total. The maximum absolute atomic E-state index is 12.1. The van der Waals surface area contributed by atoms with Crippen LogP contribution >= 0.6 is 0 Å². The third-order valence-electron chi connectivity index (χ3n) is 3.15. The number of aromatic nitrogens is 2. The fourth-order valence-electron chi connectivity index (χ4n) is 2.06. The molecule has 0 amide bonds. The molecule has 1 unspecified atom stereocenters. The van der Waals surface area contributed by atoms with Gasteiger partial charge in [0.15, 0.2) is 0 Å². The van der Waals surface area contributed by atoms with Crippen LogP contribution in [0.2, 0.25) is 0 Å². The number of rotatable bonds is 5. The summed E-state index contributed by atoms with van der Waals surface area (Å²) in [5.41, 5.74) is 0. The van der Waals surface area contributed by atoms with E-state index in [0.29, 0.717) is 18.1 Å². The molecular formula is C13H18N2O. The van der Waals surface area contributed by atoms with Crippen LogP contribution in [0.5, 0.6) is 0 Å². The summed E-state index contributed by atoms with van der Waals surface area (Å²) in [5, 5.41) is 0. The number of ketones is 1. The fourth-order valence-corrected chi connectivity index (χ4v) is 2.06. The molecule has 86 valence electrons. The Kier molecular flexibility index (Phi) is 3.32. The molecule has 2 rings (SSSR count). The summed E-state index contributed by atoms with van der Waals surface area (Å²) >= 11 is 0. The van der Waals surface area contributed by atoms with E-state index in [2.05, 4.69) is 9.97 Å². The molecule has 0 aliphatic heterocycles. The normalized spacial score (nSPS) is 17.4. The lowest BCUT2D eigenvalue weighted by atomic mass is 9.88. The van der Waals surface area contributed by atoms with Crippen molar-refractivity contribution in [2.24, 2.45) is 17.8 Å². The topological polar surface area (TPSA) is 42.9 Å². The molecule has 0 aromatic carbocycles. The van der Waals surface area contributed by atoms with Crippen LogP contribution in [0, 0.1) is 17.8 Å². The van der Waals surface area contributed by atoms with Crippen LogP contribution in [0.25, 0.3) is 0 Å². The molecule has 0 N–H and O–H groups in total. The number of carbonyl (C=O) groups is 1. The van der Waals surface area contributed by atoms with E-state index >= 15 is 0 Å². The lowest BCUT2D eigenvalue weighted by Gasteiger charge is -2.16. The molecule has 0 spiro atoms. The minimum absolute atomic E-state index is 0.120. The van der Waals surface area contributed by atoms with Gasteiger partial charge >= 0.3 is 0 Å². The van der Waals surface area contributed by atoms with Gasteiger partial charge in [-0.2, -0.15) is 0 Å². The number of nitrogens with zero attached hydrogens (tertiary/aromatic N) is 2.